The van der Waals surface area contributed by atoms with E-state index >= 15 is 0 Å². The van der Waals surface area contributed by atoms with Crippen LogP contribution in [0.15, 0.2) is 6.33 Å². The minimum absolute atomic E-state index is 0.0715. The summed E-state index contributed by atoms with van der Waals surface area (Å²) in [6.45, 7) is 3.89. The van der Waals surface area contributed by atoms with Gasteiger partial charge in [-0.15, -0.1) is 0 Å². The third-order valence-corrected chi connectivity index (χ3v) is 7.60. The highest BCUT2D eigenvalue weighted by Crippen LogP contribution is 2.32. The van der Waals surface area contributed by atoms with Gasteiger partial charge in [0.2, 0.25) is 11.7 Å². The van der Waals surface area contributed by atoms with E-state index in [-0.39, 0.29) is 47.2 Å². The lowest BCUT2D eigenvalue weighted by molar-refractivity contribution is -0.137. The van der Waals surface area contributed by atoms with E-state index in [9.17, 15) is 24.6 Å². The first-order valence-electron chi connectivity index (χ1n) is 13.7. The average molecular weight is 571 g/mol. The predicted molar refractivity (Wildman–Crippen MR) is 143 cm³/mol. The van der Waals surface area contributed by atoms with Crippen LogP contribution in [0, 0.1) is 23.7 Å². The molecule has 15 nitrogen and oxygen atoms in total. The topological polar surface area (TPSA) is 207 Å². The van der Waals surface area contributed by atoms with Crippen molar-refractivity contribution in [3.8, 4) is 11.8 Å². The maximum atomic E-state index is 12.4. The molecule has 1 unspecified atom stereocenters. The number of anilines is 1. The van der Waals surface area contributed by atoms with Crippen LogP contribution in [0.5, 0.6) is 0 Å². The number of piperidine rings is 1. The number of likely N-dealkylation sites (N-methyl/N-ethyl adjacent to an activating group) is 1. The molecule has 0 saturated carbocycles. The van der Waals surface area contributed by atoms with Crippen LogP contribution in [0.4, 0.5) is 10.6 Å². The number of fused-ring (bicyclic) bond motifs is 1. The Labute approximate surface area is 235 Å². The molecule has 41 heavy (non-hydrogen) atoms. The van der Waals surface area contributed by atoms with Crippen molar-refractivity contribution in [1.29, 1.82) is 0 Å². The van der Waals surface area contributed by atoms with Crippen molar-refractivity contribution in [1.82, 2.24) is 35.1 Å². The molecule has 3 aliphatic heterocycles. The van der Waals surface area contributed by atoms with Gasteiger partial charge in [0.05, 0.1) is 12.2 Å². The van der Waals surface area contributed by atoms with Crippen LogP contribution >= 0.6 is 0 Å². The fourth-order valence-electron chi connectivity index (χ4n) is 5.22. The Hall–Kier alpha value is -4.00. The number of hydrogen-bond donors (Lipinski definition) is 5. The van der Waals surface area contributed by atoms with E-state index in [1.807, 2.05) is 0 Å². The maximum absolute atomic E-state index is 12.4. The van der Waals surface area contributed by atoms with Crippen molar-refractivity contribution in [2.45, 2.75) is 57.1 Å². The van der Waals surface area contributed by atoms with Gasteiger partial charge in [-0.05, 0) is 38.0 Å². The number of aromatic nitrogens is 4. The third kappa shape index (κ3) is 6.04. The molecule has 0 aromatic carbocycles. The van der Waals surface area contributed by atoms with E-state index in [0.29, 0.717) is 39.0 Å². The minimum atomic E-state index is -1.44. The molecule has 220 valence electrons. The van der Waals surface area contributed by atoms with Crippen LogP contribution in [-0.2, 0) is 19.1 Å². The molecule has 5 atom stereocenters. The Balaban J connectivity index is 1.19. The van der Waals surface area contributed by atoms with Crippen molar-refractivity contribution < 1.29 is 34.1 Å². The molecule has 0 aliphatic carbocycles. The zero-order valence-electron chi connectivity index (χ0n) is 22.7. The molecule has 2 aromatic heterocycles. The summed E-state index contributed by atoms with van der Waals surface area (Å²) in [4.78, 5) is 50.8. The van der Waals surface area contributed by atoms with E-state index in [4.69, 9.17) is 15.2 Å². The quantitative estimate of drug-likeness (QED) is 0.263. The Morgan fingerprint density at radius 1 is 1.24 bits per heavy atom. The molecule has 0 radical (unpaired) electrons. The summed E-state index contributed by atoms with van der Waals surface area (Å²) < 4.78 is 12.4. The van der Waals surface area contributed by atoms with Gasteiger partial charge in [0.15, 0.2) is 23.8 Å². The number of likely N-dealkylation sites (tertiary alicyclic amines) is 1. The zero-order chi connectivity index (χ0) is 29.1. The normalized spacial score (nSPS) is 26.5. The van der Waals surface area contributed by atoms with Crippen LogP contribution in [-0.4, -0.2) is 104 Å². The van der Waals surface area contributed by atoms with Crippen LogP contribution in [0.3, 0.4) is 0 Å². The van der Waals surface area contributed by atoms with Gasteiger partial charge in [-0.2, -0.15) is 0 Å². The number of amides is 3. The molecular formula is C26H34N8O7. The number of aliphatic hydroxyl groups is 2. The number of nitrogens with one attached hydrogen (secondary N) is 2. The third-order valence-electron chi connectivity index (χ3n) is 7.60. The average Bonchev–Trinajstić information content (AvgIpc) is 3.65. The Bertz CT molecular complexity index is 1360. The van der Waals surface area contributed by atoms with Gasteiger partial charge in [0.25, 0.3) is 5.91 Å². The standard InChI is InChI=1S/C26H34N8O7/c1-2-28-24(38)20-18(35)19(36)25(41-20)34-13-30-17-21(27)31-16(32-22(17)34)5-3-4-14-7-10-33(11-8-14)26(39)40-12-15-6-9-29-23(15)37/h13-15,18-20,25,35-36H,2,4,6-12H2,1H3,(H,28,38)(H,29,37)(H2,27,31,32)/t15?,18-,19+,20-,25+/m0/s1. The highest BCUT2D eigenvalue weighted by Gasteiger charge is 2.47. The Morgan fingerprint density at radius 3 is 2.73 bits per heavy atom. The van der Waals surface area contributed by atoms with Gasteiger partial charge in [-0.3, -0.25) is 14.2 Å². The van der Waals surface area contributed by atoms with Crippen LogP contribution in [0.25, 0.3) is 11.2 Å². The van der Waals surface area contributed by atoms with Gasteiger partial charge in [-0.1, -0.05) is 5.92 Å². The fraction of sp³-hybridized carbons (Fsp3) is 0.615. The van der Waals surface area contributed by atoms with Gasteiger partial charge in [0, 0.05) is 32.6 Å². The molecule has 15 heteroatoms. The fourth-order valence-corrected chi connectivity index (χ4v) is 5.22. The second kappa shape index (κ2) is 12.2. The molecule has 6 N–H and O–H groups in total. The molecule has 0 spiro atoms. The van der Waals surface area contributed by atoms with Crippen molar-refractivity contribution in [3.63, 3.8) is 0 Å². The zero-order valence-corrected chi connectivity index (χ0v) is 22.7. The molecule has 3 aliphatic rings. The molecule has 3 amide bonds. The lowest BCUT2D eigenvalue weighted by Gasteiger charge is -2.30. The smallest absolute Gasteiger partial charge is 0.409 e. The van der Waals surface area contributed by atoms with Crippen molar-refractivity contribution in [2.24, 2.45) is 11.8 Å². The monoisotopic (exact) mass is 570 g/mol. The number of nitrogen functional groups attached to an aromatic ring is 1. The second-order valence-electron chi connectivity index (χ2n) is 10.4. The number of aliphatic hydroxyl groups excluding tert-OH is 2. The number of hydrogen-bond acceptors (Lipinski definition) is 11. The van der Waals surface area contributed by atoms with Gasteiger partial charge in [0.1, 0.15) is 24.3 Å². The van der Waals surface area contributed by atoms with E-state index in [2.05, 4.69) is 37.4 Å². The van der Waals surface area contributed by atoms with E-state index in [1.165, 1.54) is 10.9 Å². The summed E-state index contributed by atoms with van der Waals surface area (Å²) in [5.41, 5.74) is 6.61. The summed E-state index contributed by atoms with van der Waals surface area (Å²) in [6.07, 6.45) is -1.51. The lowest BCUT2D eigenvalue weighted by atomic mass is 9.94. The van der Waals surface area contributed by atoms with Gasteiger partial charge >= 0.3 is 6.09 Å². The number of imidazole rings is 1. The van der Waals surface area contributed by atoms with Gasteiger partial charge in [-0.25, -0.2) is 19.7 Å². The first-order valence-corrected chi connectivity index (χ1v) is 13.7. The highest BCUT2D eigenvalue weighted by molar-refractivity contribution is 5.83. The first-order chi connectivity index (χ1) is 19.8. The summed E-state index contributed by atoms with van der Waals surface area (Å²) >= 11 is 0. The highest BCUT2D eigenvalue weighted by atomic mass is 16.6. The second-order valence-corrected chi connectivity index (χ2v) is 10.4. The maximum Gasteiger partial charge on any atom is 0.409 e. The van der Waals surface area contributed by atoms with E-state index in [1.54, 1.807) is 11.8 Å². The van der Waals surface area contributed by atoms with Crippen molar-refractivity contribution >= 4 is 34.9 Å². The number of nitrogens with zero attached hydrogens (tertiary/aromatic N) is 5. The number of rotatable bonds is 6. The predicted octanol–water partition coefficient (Wildman–Crippen LogP) is -1.11. The van der Waals surface area contributed by atoms with Crippen LogP contribution in [0.1, 0.15) is 44.7 Å². The minimum Gasteiger partial charge on any atom is -0.449 e. The number of carbonyl (C=O) groups is 3. The number of nitrogens with two attached hydrogens (primary N) is 1. The van der Waals surface area contributed by atoms with E-state index in [0.717, 1.165) is 12.8 Å². The summed E-state index contributed by atoms with van der Waals surface area (Å²) in [5.74, 6) is 5.67. The molecule has 2 aromatic rings. The van der Waals surface area contributed by atoms with Crippen molar-refractivity contribution in [3.05, 3.63) is 12.2 Å². The van der Waals surface area contributed by atoms with E-state index < -0.39 is 36.5 Å². The SMILES string of the molecule is CCNC(=O)[C@H]1O[C@@H](n2cnc3c(N)nc(C#CCC4CCN(C(=O)OCC5CCNC5=O)CC4)nc32)[C@H](O)[C@@H]1O. The number of carbonyl (C=O) groups excluding carboxylic acids is 3. The summed E-state index contributed by atoms with van der Waals surface area (Å²) in [7, 11) is 0. The summed E-state index contributed by atoms with van der Waals surface area (Å²) in [6, 6.07) is 0. The Kier molecular flexibility index (Phi) is 8.52. The molecule has 3 saturated heterocycles. The summed E-state index contributed by atoms with van der Waals surface area (Å²) in [5, 5.41) is 26.3. The van der Waals surface area contributed by atoms with Crippen molar-refractivity contribution in [2.75, 3.05) is 38.5 Å². The largest absolute Gasteiger partial charge is 0.449 e. The number of ether oxygens (including phenoxy) is 2. The Morgan fingerprint density at radius 2 is 2.02 bits per heavy atom. The molecule has 5 heterocycles. The van der Waals surface area contributed by atoms with Gasteiger partial charge < -0.3 is 41.0 Å². The first kappa shape index (κ1) is 28.5. The molecule has 5 rings (SSSR count). The molecular weight excluding hydrogens is 536 g/mol. The molecule has 3 fully saturated rings. The van der Waals surface area contributed by atoms with Crippen LogP contribution < -0.4 is 16.4 Å². The van der Waals surface area contributed by atoms with Crippen LogP contribution in [0.2, 0.25) is 0 Å². The molecule has 0 bridgehead atoms. The lowest BCUT2D eigenvalue weighted by Crippen LogP contribution is -2.42.